The fourth-order valence-corrected chi connectivity index (χ4v) is 2.51. The molecular weight excluding hydrogens is 288 g/mol. The lowest BCUT2D eigenvalue weighted by molar-refractivity contribution is -0.0260. The minimum absolute atomic E-state index is 0. The highest BCUT2D eigenvalue weighted by Crippen LogP contribution is 2.29. The maximum absolute atomic E-state index is 5.76. The Hall–Kier alpha value is -0.810. The van der Waals surface area contributed by atoms with E-state index in [9.17, 15) is 0 Å². The van der Waals surface area contributed by atoms with Gasteiger partial charge in [0.05, 0.1) is 19.3 Å². The number of morpholine rings is 1. The molecule has 0 spiro atoms. The lowest BCUT2D eigenvalue weighted by atomic mass is 10.2. The van der Waals surface area contributed by atoms with Crippen molar-refractivity contribution in [3.8, 4) is 5.75 Å². The van der Waals surface area contributed by atoms with E-state index < -0.39 is 0 Å². The maximum atomic E-state index is 5.76. The molecule has 2 N–H and O–H groups in total. The van der Waals surface area contributed by atoms with Crippen molar-refractivity contribution >= 4 is 12.4 Å². The Balaban J connectivity index is 0.00000161. The molecule has 1 saturated carbocycles. The summed E-state index contributed by atoms with van der Waals surface area (Å²) < 4.78 is 11.3. The van der Waals surface area contributed by atoms with Crippen molar-refractivity contribution in [1.82, 2.24) is 4.90 Å². The maximum Gasteiger partial charge on any atom is 0.119 e. The van der Waals surface area contributed by atoms with E-state index >= 15 is 0 Å². The molecule has 3 rings (SSSR count). The zero-order valence-corrected chi connectivity index (χ0v) is 13.2. The van der Waals surface area contributed by atoms with E-state index in [2.05, 4.69) is 29.2 Å². The van der Waals surface area contributed by atoms with E-state index in [1.165, 1.54) is 18.4 Å². The second kappa shape index (κ2) is 7.99. The van der Waals surface area contributed by atoms with Gasteiger partial charge in [0.25, 0.3) is 0 Å². The van der Waals surface area contributed by atoms with Crippen LogP contribution >= 0.6 is 12.4 Å². The lowest BCUT2D eigenvalue weighted by Crippen LogP contribution is -2.45. The Morgan fingerprint density at radius 2 is 2.00 bits per heavy atom. The van der Waals surface area contributed by atoms with Gasteiger partial charge >= 0.3 is 0 Å². The summed E-state index contributed by atoms with van der Waals surface area (Å²) in [5.41, 5.74) is 6.99. The lowest BCUT2D eigenvalue weighted by Gasteiger charge is -2.32. The quantitative estimate of drug-likeness (QED) is 0.873. The minimum atomic E-state index is 0. The molecule has 1 atom stereocenters. The van der Waals surface area contributed by atoms with Crippen LogP contribution in [0.15, 0.2) is 24.3 Å². The molecule has 0 bridgehead atoms. The van der Waals surface area contributed by atoms with Crippen LogP contribution in [0.25, 0.3) is 0 Å². The third kappa shape index (κ3) is 5.15. The molecular formula is C16H25ClN2O2. The summed E-state index contributed by atoms with van der Waals surface area (Å²) in [6.45, 7) is 5.13. The number of ether oxygens (including phenoxy) is 2. The number of benzene rings is 1. The van der Waals surface area contributed by atoms with E-state index in [1.807, 2.05) is 0 Å². The van der Waals surface area contributed by atoms with E-state index in [4.69, 9.17) is 15.2 Å². The summed E-state index contributed by atoms with van der Waals surface area (Å²) in [5, 5.41) is 0. The summed E-state index contributed by atoms with van der Waals surface area (Å²) in [7, 11) is 0. The molecule has 1 aromatic rings. The first-order valence-corrected chi connectivity index (χ1v) is 7.59. The van der Waals surface area contributed by atoms with E-state index in [1.54, 1.807) is 0 Å². The molecule has 21 heavy (non-hydrogen) atoms. The zero-order valence-electron chi connectivity index (χ0n) is 12.4. The molecule has 0 amide bonds. The number of nitrogens with zero attached hydrogens (tertiary/aromatic N) is 1. The number of nitrogens with two attached hydrogens (primary N) is 1. The second-order valence-corrected chi connectivity index (χ2v) is 5.86. The topological polar surface area (TPSA) is 47.7 Å². The summed E-state index contributed by atoms with van der Waals surface area (Å²) in [5.74, 6) is 1.79. The molecule has 5 heteroatoms. The van der Waals surface area contributed by atoms with Gasteiger partial charge in [-0.3, -0.25) is 4.90 Å². The first-order chi connectivity index (χ1) is 9.83. The van der Waals surface area contributed by atoms with Crippen LogP contribution in [0.5, 0.6) is 5.75 Å². The molecule has 4 nitrogen and oxygen atoms in total. The minimum Gasteiger partial charge on any atom is -0.493 e. The van der Waals surface area contributed by atoms with Gasteiger partial charge in [0.2, 0.25) is 0 Å². The first-order valence-electron chi connectivity index (χ1n) is 7.59. The fraction of sp³-hybridized carbons (Fsp3) is 0.625. The van der Waals surface area contributed by atoms with Gasteiger partial charge in [0.1, 0.15) is 5.75 Å². The number of hydrogen-bond donors (Lipinski definition) is 1. The van der Waals surface area contributed by atoms with Gasteiger partial charge in [0.15, 0.2) is 0 Å². The number of hydrogen-bond acceptors (Lipinski definition) is 4. The van der Waals surface area contributed by atoms with Crippen molar-refractivity contribution in [2.75, 3.05) is 32.8 Å². The van der Waals surface area contributed by atoms with Crippen LogP contribution in [0.1, 0.15) is 18.4 Å². The van der Waals surface area contributed by atoms with Gasteiger partial charge in [-0.15, -0.1) is 12.4 Å². The normalized spacial score (nSPS) is 22.6. The molecule has 2 aliphatic rings. The third-order valence-corrected chi connectivity index (χ3v) is 4.00. The van der Waals surface area contributed by atoms with Gasteiger partial charge < -0.3 is 15.2 Å². The van der Waals surface area contributed by atoms with Crippen molar-refractivity contribution in [1.29, 1.82) is 0 Å². The van der Waals surface area contributed by atoms with Gasteiger partial charge in [-0.1, -0.05) is 12.1 Å². The van der Waals surface area contributed by atoms with Crippen molar-refractivity contribution in [2.45, 2.75) is 25.5 Å². The molecule has 1 unspecified atom stereocenters. The molecule has 1 heterocycles. The van der Waals surface area contributed by atoms with E-state index in [0.29, 0.717) is 6.54 Å². The van der Waals surface area contributed by atoms with Crippen LogP contribution in [-0.4, -0.2) is 43.9 Å². The summed E-state index contributed by atoms with van der Waals surface area (Å²) in [4.78, 5) is 2.40. The van der Waals surface area contributed by atoms with Crippen LogP contribution in [0, 0.1) is 5.92 Å². The highest BCUT2D eigenvalue weighted by Gasteiger charge is 2.22. The molecule has 1 aliphatic carbocycles. The Kier molecular flexibility index (Phi) is 6.30. The first kappa shape index (κ1) is 16.6. The summed E-state index contributed by atoms with van der Waals surface area (Å²) >= 11 is 0. The largest absolute Gasteiger partial charge is 0.493 e. The van der Waals surface area contributed by atoms with Gasteiger partial charge in [-0.2, -0.15) is 0 Å². The Bertz CT molecular complexity index is 423. The number of rotatable bonds is 6. The zero-order chi connectivity index (χ0) is 13.8. The van der Waals surface area contributed by atoms with Crippen LogP contribution in [-0.2, 0) is 11.3 Å². The molecule has 1 aromatic carbocycles. The van der Waals surface area contributed by atoms with E-state index in [-0.39, 0.29) is 18.5 Å². The van der Waals surface area contributed by atoms with Crippen molar-refractivity contribution in [3.63, 3.8) is 0 Å². The predicted octanol–water partition coefficient (Wildman–Crippen LogP) is 2.06. The van der Waals surface area contributed by atoms with Gasteiger partial charge in [0, 0.05) is 26.2 Å². The summed E-state index contributed by atoms with van der Waals surface area (Å²) in [6, 6.07) is 8.49. The number of halogens is 1. The Morgan fingerprint density at radius 1 is 1.24 bits per heavy atom. The van der Waals surface area contributed by atoms with Crippen LogP contribution in [0.2, 0.25) is 0 Å². The predicted molar refractivity (Wildman–Crippen MR) is 86.0 cm³/mol. The highest BCUT2D eigenvalue weighted by atomic mass is 35.5. The van der Waals surface area contributed by atoms with E-state index in [0.717, 1.165) is 44.5 Å². The molecule has 118 valence electrons. The third-order valence-electron chi connectivity index (χ3n) is 4.00. The monoisotopic (exact) mass is 312 g/mol. The van der Waals surface area contributed by atoms with Crippen molar-refractivity contribution in [3.05, 3.63) is 29.8 Å². The van der Waals surface area contributed by atoms with Crippen molar-refractivity contribution < 1.29 is 9.47 Å². The van der Waals surface area contributed by atoms with Crippen molar-refractivity contribution in [2.24, 2.45) is 11.7 Å². The second-order valence-electron chi connectivity index (χ2n) is 5.86. The smallest absolute Gasteiger partial charge is 0.119 e. The Labute approximate surface area is 133 Å². The molecule has 0 aromatic heterocycles. The molecule has 0 radical (unpaired) electrons. The highest BCUT2D eigenvalue weighted by molar-refractivity contribution is 5.85. The standard InChI is InChI=1S/C16H24N2O2.ClH/c17-9-16-11-18(7-8-19-16)10-13-3-5-15(6-4-13)20-12-14-1-2-14;/h3-6,14,16H,1-2,7-12,17H2;1H. The average Bonchev–Trinajstić information content (AvgIpc) is 3.31. The molecule has 2 fully saturated rings. The van der Waals surface area contributed by atoms with Crippen LogP contribution in [0.4, 0.5) is 0 Å². The molecule has 1 saturated heterocycles. The van der Waals surface area contributed by atoms with Crippen LogP contribution < -0.4 is 10.5 Å². The van der Waals surface area contributed by atoms with Gasteiger partial charge in [-0.05, 0) is 36.5 Å². The fourth-order valence-electron chi connectivity index (χ4n) is 2.51. The molecule has 1 aliphatic heterocycles. The Morgan fingerprint density at radius 3 is 2.67 bits per heavy atom. The van der Waals surface area contributed by atoms with Gasteiger partial charge in [-0.25, -0.2) is 0 Å². The van der Waals surface area contributed by atoms with Crippen LogP contribution in [0.3, 0.4) is 0 Å². The SMILES string of the molecule is Cl.NCC1CN(Cc2ccc(OCC3CC3)cc2)CCO1. The summed E-state index contributed by atoms with van der Waals surface area (Å²) in [6.07, 6.45) is 2.85. The average molecular weight is 313 g/mol.